The predicted octanol–water partition coefficient (Wildman–Crippen LogP) is -0.240. The van der Waals surface area contributed by atoms with E-state index in [1.807, 2.05) is 6.07 Å². The lowest BCUT2D eigenvalue weighted by Gasteiger charge is -2.33. The average molecular weight is 212 g/mol. The van der Waals surface area contributed by atoms with E-state index in [9.17, 15) is 9.59 Å². The highest BCUT2D eigenvalue weighted by Crippen LogP contribution is 2.23. The molecule has 2 unspecified atom stereocenters. The third-order valence-corrected chi connectivity index (χ3v) is 2.62. The lowest BCUT2D eigenvalue weighted by atomic mass is 9.91. The Morgan fingerprint density at radius 2 is 2.07 bits per heavy atom. The average Bonchev–Trinajstić information content (AvgIpc) is 2.18. The van der Waals surface area contributed by atoms with E-state index >= 15 is 0 Å². The summed E-state index contributed by atoms with van der Waals surface area (Å²) in [5, 5.41) is 26.2. The van der Waals surface area contributed by atoms with Gasteiger partial charge in [-0.2, -0.15) is 5.26 Å². The molecular formula is C9H12N2O4. The molecule has 1 fully saturated rings. The summed E-state index contributed by atoms with van der Waals surface area (Å²) < 4.78 is 0. The highest BCUT2D eigenvalue weighted by Gasteiger charge is 2.35. The van der Waals surface area contributed by atoms with Crippen LogP contribution in [0.5, 0.6) is 0 Å². The molecule has 1 aliphatic rings. The van der Waals surface area contributed by atoms with Crippen molar-refractivity contribution in [1.82, 2.24) is 4.90 Å². The number of carbonyl (C=O) groups is 2. The van der Waals surface area contributed by atoms with Crippen molar-refractivity contribution >= 4 is 11.9 Å². The molecule has 1 saturated heterocycles. The lowest BCUT2D eigenvalue weighted by Crippen LogP contribution is -2.48. The summed E-state index contributed by atoms with van der Waals surface area (Å²) in [6.07, 6.45) is 0.479. The second-order valence-corrected chi connectivity index (χ2v) is 3.54. The first kappa shape index (κ1) is 11.5. The second-order valence-electron chi connectivity index (χ2n) is 3.54. The van der Waals surface area contributed by atoms with Gasteiger partial charge in [0.25, 0.3) is 0 Å². The number of piperidine rings is 1. The van der Waals surface area contributed by atoms with Gasteiger partial charge >= 0.3 is 11.9 Å². The molecule has 0 aromatic carbocycles. The summed E-state index contributed by atoms with van der Waals surface area (Å²) >= 11 is 0. The first-order valence-corrected chi connectivity index (χ1v) is 4.63. The molecule has 0 saturated carbocycles. The van der Waals surface area contributed by atoms with Crippen LogP contribution in [-0.4, -0.2) is 46.2 Å². The molecule has 2 atom stereocenters. The first-order valence-electron chi connectivity index (χ1n) is 4.63. The standard InChI is InChI=1S/C9H12N2O4/c10-2-4-11-3-1-6(8(12)13)5-7(11)9(14)15/h6-7H,1,3-5H2,(H,12,13)(H,14,15). The van der Waals surface area contributed by atoms with E-state index in [2.05, 4.69) is 0 Å². The topological polar surface area (TPSA) is 102 Å². The van der Waals surface area contributed by atoms with Gasteiger partial charge in [-0.15, -0.1) is 0 Å². The van der Waals surface area contributed by atoms with Crippen LogP contribution in [0.2, 0.25) is 0 Å². The van der Waals surface area contributed by atoms with Crippen molar-refractivity contribution in [2.45, 2.75) is 18.9 Å². The third-order valence-electron chi connectivity index (χ3n) is 2.62. The summed E-state index contributed by atoms with van der Waals surface area (Å²) in [6, 6.07) is 1.03. The van der Waals surface area contributed by atoms with E-state index < -0.39 is 23.9 Å². The van der Waals surface area contributed by atoms with Crippen molar-refractivity contribution in [2.24, 2.45) is 5.92 Å². The van der Waals surface area contributed by atoms with Crippen LogP contribution < -0.4 is 0 Å². The molecule has 6 heteroatoms. The molecule has 1 heterocycles. The Morgan fingerprint density at radius 1 is 1.40 bits per heavy atom. The monoisotopic (exact) mass is 212 g/mol. The molecule has 1 aliphatic heterocycles. The maximum atomic E-state index is 10.9. The van der Waals surface area contributed by atoms with E-state index in [4.69, 9.17) is 15.5 Å². The SMILES string of the molecule is N#CCN1CCC(C(=O)O)CC1C(=O)O. The van der Waals surface area contributed by atoms with Crippen LogP contribution in [0.25, 0.3) is 0 Å². The van der Waals surface area contributed by atoms with E-state index in [1.54, 1.807) is 0 Å². The molecule has 0 aromatic heterocycles. The van der Waals surface area contributed by atoms with Gasteiger partial charge < -0.3 is 10.2 Å². The van der Waals surface area contributed by atoms with Crippen molar-refractivity contribution in [1.29, 1.82) is 5.26 Å². The molecular weight excluding hydrogens is 200 g/mol. The highest BCUT2D eigenvalue weighted by atomic mass is 16.4. The number of rotatable bonds is 3. The van der Waals surface area contributed by atoms with Crippen molar-refractivity contribution < 1.29 is 19.8 Å². The summed E-state index contributed by atoms with van der Waals surface area (Å²) in [7, 11) is 0. The molecule has 0 amide bonds. The molecule has 0 radical (unpaired) electrons. The van der Waals surface area contributed by atoms with Crippen LogP contribution in [0.3, 0.4) is 0 Å². The summed E-state index contributed by atoms with van der Waals surface area (Å²) in [6.45, 7) is 0.380. The molecule has 2 N–H and O–H groups in total. The number of aliphatic carboxylic acids is 2. The normalized spacial score (nSPS) is 26.9. The Hall–Kier alpha value is -1.61. The molecule has 0 aliphatic carbocycles. The van der Waals surface area contributed by atoms with Crippen LogP contribution in [0.15, 0.2) is 0 Å². The predicted molar refractivity (Wildman–Crippen MR) is 49.0 cm³/mol. The van der Waals surface area contributed by atoms with Crippen molar-refractivity contribution in [2.75, 3.05) is 13.1 Å². The Morgan fingerprint density at radius 3 is 2.53 bits per heavy atom. The van der Waals surface area contributed by atoms with E-state index in [1.165, 1.54) is 4.90 Å². The second kappa shape index (κ2) is 4.75. The maximum Gasteiger partial charge on any atom is 0.320 e. The van der Waals surface area contributed by atoms with Crippen LogP contribution in [-0.2, 0) is 9.59 Å². The Kier molecular flexibility index (Phi) is 3.63. The van der Waals surface area contributed by atoms with Gasteiger partial charge in [0.15, 0.2) is 0 Å². The zero-order valence-electron chi connectivity index (χ0n) is 8.09. The van der Waals surface area contributed by atoms with Crippen molar-refractivity contribution in [3.8, 4) is 6.07 Å². The fourth-order valence-corrected chi connectivity index (χ4v) is 1.78. The van der Waals surface area contributed by atoms with Gasteiger partial charge in [-0.3, -0.25) is 14.5 Å². The zero-order chi connectivity index (χ0) is 11.4. The van der Waals surface area contributed by atoms with Crippen molar-refractivity contribution in [3.63, 3.8) is 0 Å². The molecule has 82 valence electrons. The summed E-state index contributed by atoms with van der Waals surface area (Å²) in [5.74, 6) is -2.63. The number of nitrogens with zero attached hydrogens (tertiary/aromatic N) is 2. The third kappa shape index (κ3) is 2.67. The van der Waals surface area contributed by atoms with Gasteiger partial charge in [-0.05, 0) is 12.8 Å². The van der Waals surface area contributed by atoms with Gasteiger partial charge in [0.1, 0.15) is 6.04 Å². The lowest BCUT2D eigenvalue weighted by molar-refractivity contribution is -0.149. The molecule has 0 aromatic rings. The quantitative estimate of drug-likeness (QED) is 0.626. The van der Waals surface area contributed by atoms with E-state index in [0.717, 1.165) is 0 Å². The smallest absolute Gasteiger partial charge is 0.320 e. The molecule has 1 rings (SSSR count). The first-order chi connectivity index (χ1) is 7.06. The number of hydrogen-bond donors (Lipinski definition) is 2. The number of likely N-dealkylation sites (tertiary alicyclic amines) is 1. The fourth-order valence-electron chi connectivity index (χ4n) is 1.78. The van der Waals surface area contributed by atoms with Gasteiger partial charge in [0.2, 0.25) is 0 Å². The fraction of sp³-hybridized carbons (Fsp3) is 0.667. The molecule has 0 spiro atoms. The van der Waals surface area contributed by atoms with Crippen LogP contribution in [0.1, 0.15) is 12.8 Å². The highest BCUT2D eigenvalue weighted by molar-refractivity contribution is 5.76. The van der Waals surface area contributed by atoms with Crippen LogP contribution >= 0.6 is 0 Å². The Labute approximate surface area is 86.7 Å². The minimum absolute atomic E-state index is 0.0311. The molecule has 0 bridgehead atoms. The number of nitriles is 1. The van der Waals surface area contributed by atoms with Crippen molar-refractivity contribution in [3.05, 3.63) is 0 Å². The van der Waals surface area contributed by atoms with Gasteiger partial charge in [0, 0.05) is 6.54 Å². The molecule has 6 nitrogen and oxygen atoms in total. The minimum atomic E-state index is -1.06. The zero-order valence-corrected chi connectivity index (χ0v) is 8.09. The van der Waals surface area contributed by atoms with Crippen LogP contribution in [0.4, 0.5) is 0 Å². The van der Waals surface area contributed by atoms with Gasteiger partial charge in [-0.25, -0.2) is 0 Å². The number of hydrogen-bond acceptors (Lipinski definition) is 4. The summed E-state index contributed by atoms with van der Waals surface area (Å²) in [5.41, 5.74) is 0. The number of carboxylic acids is 2. The Balaban J connectivity index is 2.70. The Bertz CT molecular complexity index is 310. The van der Waals surface area contributed by atoms with Gasteiger partial charge in [0.05, 0.1) is 18.5 Å². The summed E-state index contributed by atoms with van der Waals surface area (Å²) in [4.78, 5) is 23.1. The molecule has 15 heavy (non-hydrogen) atoms. The minimum Gasteiger partial charge on any atom is -0.481 e. The van der Waals surface area contributed by atoms with Gasteiger partial charge in [-0.1, -0.05) is 0 Å². The largest absolute Gasteiger partial charge is 0.481 e. The van der Waals surface area contributed by atoms with E-state index in [-0.39, 0.29) is 13.0 Å². The van der Waals surface area contributed by atoms with Crippen LogP contribution in [0, 0.1) is 17.2 Å². The van der Waals surface area contributed by atoms with E-state index in [0.29, 0.717) is 13.0 Å². The maximum absolute atomic E-state index is 10.9. The number of carboxylic acid groups (broad SMARTS) is 2.